The minimum atomic E-state index is -0.269. The molecule has 0 radical (unpaired) electrons. The molecule has 4 aromatic heterocycles. The number of H-pyrrole nitrogens is 2. The van der Waals surface area contributed by atoms with Crippen LogP contribution in [0.15, 0.2) is 53.6 Å². The van der Waals surface area contributed by atoms with Crippen LogP contribution in [0.4, 0.5) is 5.82 Å². The Kier molecular flexibility index (Phi) is 3.28. The van der Waals surface area contributed by atoms with E-state index >= 15 is 0 Å². The SMILES string of the molecule is Nc1[nH]n2c(=O)cc(-c3ccc4[nH]ncc4c3)nc2c1-c1ccc(Cl)cn1. The van der Waals surface area contributed by atoms with E-state index in [2.05, 4.69) is 25.3 Å². The summed E-state index contributed by atoms with van der Waals surface area (Å²) in [7, 11) is 0. The number of fused-ring (bicyclic) bond motifs is 2. The van der Waals surface area contributed by atoms with Gasteiger partial charge >= 0.3 is 0 Å². The molecule has 5 aromatic rings. The number of rotatable bonds is 2. The summed E-state index contributed by atoms with van der Waals surface area (Å²) in [5, 5.41) is 11.2. The van der Waals surface area contributed by atoms with Crippen molar-refractivity contribution in [1.82, 2.24) is 29.8 Å². The Morgan fingerprint density at radius 3 is 2.78 bits per heavy atom. The van der Waals surface area contributed by atoms with Crippen molar-refractivity contribution in [3.8, 4) is 22.5 Å². The van der Waals surface area contributed by atoms with Gasteiger partial charge in [-0.25, -0.2) is 4.98 Å². The quantitative estimate of drug-likeness (QED) is 0.437. The molecule has 4 heterocycles. The number of nitrogens with zero attached hydrogens (tertiary/aromatic N) is 4. The first-order valence-corrected chi connectivity index (χ1v) is 8.44. The third-order valence-electron chi connectivity index (χ3n) is 4.36. The minimum absolute atomic E-state index is 0.269. The molecule has 0 atom stereocenters. The molecule has 132 valence electrons. The number of benzene rings is 1. The molecule has 27 heavy (non-hydrogen) atoms. The van der Waals surface area contributed by atoms with E-state index in [1.165, 1.54) is 16.8 Å². The predicted molar refractivity (Wildman–Crippen MR) is 104 cm³/mol. The van der Waals surface area contributed by atoms with Crippen molar-refractivity contribution in [2.45, 2.75) is 0 Å². The van der Waals surface area contributed by atoms with Crippen molar-refractivity contribution in [2.24, 2.45) is 0 Å². The molecule has 0 spiro atoms. The number of nitrogens with one attached hydrogen (secondary N) is 2. The number of halogens is 1. The third-order valence-corrected chi connectivity index (χ3v) is 4.59. The normalized spacial score (nSPS) is 11.4. The number of nitrogens with two attached hydrogens (primary N) is 1. The smallest absolute Gasteiger partial charge is 0.273 e. The summed E-state index contributed by atoms with van der Waals surface area (Å²) >= 11 is 5.92. The minimum Gasteiger partial charge on any atom is -0.383 e. The van der Waals surface area contributed by atoms with Crippen LogP contribution < -0.4 is 11.3 Å². The first-order valence-electron chi connectivity index (χ1n) is 8.07. The van der Waals surface area contributed by atoms with Gasteiger partial charge in [-0.3, -0.25) is 20.0 Å². The molecule has 0 aliphatic carbocycles. The lowest BCUT2D eigenvalue weighted by Crippen LogP contribution is -2.14. The maximum Gasteiger partial charge on any atom is 0.273 e. The molecule has 8 nitrogen and oxygen atoms in total. The second-order valence-corrected chi connectivity index (χ2v) is 6.51. The Bertz CT molecular complexity index is 1360. The molecule has 0 saturated heterocycles. The zero-order valence-corrected chi connectivity index (χ0v) is 14.5. The Balaban J connectivity index is 1.77. The van der Waals surface area contributed by atoms with Gasteiger partial charge in [0.15, 0.2) is 5.65 Å². The van der Waals surface area contributed by atoms with Crippen LogP contribution in [0.3, 0.4) is 0 Å². The molecule has 0 bridgehead atoms. The number of hydrogen-bond donors (Lipinski definition) is 3. The van der Waals surface area contributed by atoms with E-state index in [1.54, 1.807) is 18.3 Å². The fourth-order valence-corrected chi connectivity index (χ4v) is 3.19. The van der Waals surface area contributed by atoms with Crippen molar-refractivity contribution >= 4 is 34.0 Å². The summed E-state index contributed by atoms with van der Waals surface area (Å²) in [6.07, 6.45) is 3.25. The summed E-state index contributed by atoms with van der Waals surface area (Å²) in [6.45, 7) is 0. The highest BCUT2D eigenvalue weighted by atomic mass is 35.5. The van der Waals surface area contributed by atoms with Crippen molar-refractivity contribution in [1.29, 1.82) is 0 Å². The van der Waals surface area contributed by atoms with E-state index in [1.807, 2.05) is 18.2 Å². The van der Waals surface area contributed by atoms with E-state index < -0.39 is 0 Å². The van der Waals surface area contributed by atoms with Gasteiger partial charge in [-0.15, -0.1) is 0 Å². The van der Waals surface area contributed by atoms with Gasteiger partial charge in [-0.2, -0.15) is 9.61 Å². The second kappa shape index (κ2) is 5.68. The maximum absolute atomic E-state index is 12.6. The third kappa shape index (κ3) is 2.46. The van der Waals surface area contributed by atoms with Gasteiger partial charge in [0.05, 0.1) is 33.7 Å². The summed E-state index contributed by atoms with van der Waals surface area (Å²) in [5.74, 6) is 0.303. The number of pyridine rings is 1. The van der Waals surface area contributed by atoms with Gasteiger partial charge in [0.25, 0.3) is 5.56 Å². The van der Waals surface area contributed by atoms with Gasteiger partial charge in [-0.05, 0) is 24.3 Å². The molecular formula is C18H12ClN7O. The molecule has 9 heteroatoms. The highest BCUT2D eigenvalue weighted by Gasteiger charge is 2.17. The Hall–Kier alpha value is -3.65. The topological polar surface area (TPSA) is 118 Å². The Morgan fingerprint density at radius 1 is 1.07 bits per heavy atom. The average molecular weight is 378 g/mol. The second-order valence-electron chi connectivity index (χ2n) is 6.07. The Morgan fingerprint density at radius 2 is 1.96 bits per heavy atom. The molecule has 0 fully saturated rings. The van der Waals surface area contributed by atoms with Gasteiger partial charge in [0.1, 0.15) is 5.82 Å². The molecule has 5 rings (SSSR count). The van der Waals surface area contributed by atoms with Gasteiger partial charge in [0, 0.05) is 23.2 Å². The van der Waals surface area contributed by atoms with Gasteiger partial charge in [0.2, 0.25) is 0 Å². The summed E-state index contributed by atoms with van der Waals surface area (Å²) in [5.41, 5.74) is 9.61. The highest BCUT2D eigenvalue weighted by Crippen LogP contribution is 2.29. The van der Waals surface area contributed by atoms with Crippen LogP contribution in [-0.4, -0.2) is 29.8 Å². The monoisotopic (exact) mass is 377 g/mol. The van der Waals surface area contributed by atoms with E-state index in [0.717, 1.165) is 16.5 Å². The predicted octanol–water partition coefficient (Wildman–Crippen LogP) is 2.86. The van der Waals surface area contributed by atoms with Crippen LogP contribution in [0.1, 0.15) is 0 Å². The van der Waals surface area contributed by atoms with Crippen molar-refractivity contribution < 1.29 is 0 Å². The molecule has 1 aromatic carbocycles. The molecule has 4 N–H and O–H groups in total. The van der Waals surface area contributed by atoms with Crippen molar-refractivity contribution in [2.75, 3.05) is 5.73 Å². The van der Waals surface area contributed by atoms with E-state index in [4.69, 9.17) is 17.3 Å². The first kappa shape index (κ1) is 15.6. The first-order chi connectivity index (χ1) is 13.1. The van der Waals surface area contributed by atoms with Crippen molar-refractivity contribution in [3.63, 3.8) is 0 Å². The maximum atomic E-state index is 12.6. The standard InChI is InChI=1S/C18H12ClN7O/c19-11-2-4-13(21-8-11)16-17(20)25-26-15(27)6-14(23-18(16)26)9-1-3-12-10(5-9)7-22-24-12/h1-8,25H,20H2,(H,22,24). The number of aromatic amines is 2. The zero-order chi connectivity index (χ0) is 18.5. The van der Waals surface area contributed by atoms with Gasteiger partial charge in [-0.1, -0.05) is 17.7 Å². The van der Waals surface area contributed by atoms with Crippen LogP contribution in [0.2, 0.25) is 5.02 Å². The molecule has 0 saturated carbocycles. The number of nitrogen functional groups attached to an aromatic ring is 1. The largest absolute Gasteiger partial charge is 0.383 e. The summed E-state index contributed by atoms with van der Waals surface area (Å²) < 4.78 is 1.31. The number of hydrogen-bond acceptors (Lipinski definition) is 5. The molecule has 0 aliphatic heterocycles. The fourth-order valence-electron chi connectivity index (χ4n) is 3.08. The summed E-state index contributed by atoms with van der Waals surface area (Å²) in [6, 6.07) is 10.6. The number of anilines is 1. The molecule has 0 aliphatic rings. The van der Waals surface area contributed by atoms with E-state index in [0.29, 0.717) is 33.4 Å². The average Bonchev–Trinajstić information content (AvgIpc) is 3.26. The van der Waals surface area contributed by atoms with Crippen LogP contribution in [0.25, 0.3) is 39.1 Å². The zero-order valence-electron chi connectivity index (χ0n) is 13.8. The molecule has 0 unspecified atom stereocenters. The lowest BCUT2D eigenvalue weighted by Gasteiger charge is -2.03. The van der Waals surface area contributed by atoms with E-state index in [9.17, 15) is 4.79 Å². The van der Waals surface area contributed by atoms with E-state index in [-0.39, 0.29) is 5.56 Å². The lowest BCUT2D eigenvalue weighted by molar-refractivity contribution is 0.906. The number of aromatic nitrogens is 6. The Labute approximate surface area is 156 Å². The summed E-state index contributed by atoms with van der Waals surface area (Å²) in [4.78, 5) is 21.6. The fraction of sp³-hybridized carbons (Fsp3) is 0. The van der Waals surface area contributed by atoms with Crippen LogP contribution in [0.5, 0.6) is 0 Å². The van der Waals surface area contributed by atoms with Crippen LogP contribution >= 0.6 is 11.6 Å². The molecule has 0 amide bonds. The van der Waals surface area contributed by atoms with Crippen LogP contribution in [-0.2, 0) is 0 Å². The van der Waals surface area contributed by atoms with Crippen molar-refractivity contribution in [3.05, 3.63) is 64.2 Å². The van der Waals surface area contributed by atoms with Crippen LogP contribution in [0, 0.1) is 0 Å². The lowest BCUT2D eigenvalue weighted by atomic mass is 10.1. The molecular weight excluding hydrogens is 366 g/mol. The van der Waals surface area contributed by atoms with Gasteiger partial charge < -0.3 is 5.73 Å². The highest BCUT2D eigenvalue weighted by molar-refractivity contribution is 6.30.